The van der Waals surface area contributed by atoms with E-state index >= 15 is 0 Å². The Labute approximate surface area is 121 Å². The fourth-order valence-corrected chi connectivity index (χ4v) is 2.37. The molecule has 20 heavy (non-hydrogen) atoms. The zero-order valence-corrected chi connectivity index (χ0v) is 12.7. The van der Waals surface area contributed by atoms with E-state index < -0.39 is 0 Å². The Morgan fingerprint density at radius 1 is 1.15 bits per heavy atom. The summed E-state index contributed by atoms with van der Waals surface area (Å²) in [4.78, 5) is 7.35. The number of aromatic nitrogens is 2. The molecular formula is C17H25N3. The molecule has 1 atom stereocenters. The normalized spacial score (nSPS) is 12.8. The number of aromatic amines is 1. The standard InChI is InChI=1S/C17H25N3/c1-13(2)12-15-4-6-16(7-5-15)14(3)18-9-8-17-19-10-11-20-17/h4-7,10-11,13-14,18H,8-9,12H2,1-3H3,(H,19,20). The van der Waals surface area contributed by atoms with Crippen molar-refractivity contribution in [2.24, 2.45) is 5.92 Å². The molecule has 0 aliphatic carbocycles. The summed E-state index contributed by atoms with van der Waals surface area (Å²) in [5.41, 5.74) is 2.77. The predicted octanol–water partition coefficient (Wildman–Crippen LogP) is 3.50. The van der Waals surface area contributed by atoms with Gasteiger partial charge in [-0.15, -0.1) is 0 Å². The number of benzene rings is 1. The second-order valence-corrected chi connectivity index (χ2v) is 5.80. The van der Waals surface area contributed by atoms with Gasteiger partial charge in [0, 0.05) is 31.4 Å². The van der Waals surface area contributed by atoms with E-state index in [0.29, 0.717) is 12.0 Å². The van der Waals surface area contributed by atoms with Crippen LogP contribution in [0.25, 0.3) is 0 Å². The van der Waals surface area contributed by atoms with Gasteiger partial charge in [-0.25, -0.2) is 4.98 Å². The lowest BCUT2D eigenvalue weighted by molar-refractivity contribution is 0.571. The molecule has 0 aliphatic rings. The van der Waals surface area contributed by atoms with Gasteiger partial charge in [0.05, 0.1) is 0 Å². The molecule has 1 heterocycles. The fraction of sp³-hybridized carbons (Fsp3) is 0.471. The lowest BCUT2D eigenvalue weighted by Crippen LogP contribution is -2.21. The monoisotopic (exact) mass is 271 g/mol. The van der Waals surface area contributed by atoms with Crippen LogP contribution >= 0.6 is 0 Å². The Morgan fingerprint density at radius 2 is 1.90 bits per heavy atom. The number of nitrogens with zero attached hydrogens (tertiary/aromatic N) is 1. The fourth-order valence-electron chi connectivity index (χ4n) is 2.37. The summed E-state index contributed by atoms with van der Waals surface area (Å²) >= 11 is 0. The highest BCUT2D eigenvalue weighted by Crippen LogP contribution is 2.15. The maximum absolute atomic E-state index is 4.23. The van der Waals surface area contributed by atoms with Crippen molar-refractivity contribution in [3.05, 3.63) is 53.6 Å². The third kappa shape index (κ3) is 4.49. The number of nitrogens with one attached hydrogen (secondary N) is 2. The van der Waals surface area contributed by atoms with Crippen molar-refractivity contribution in [1.29, 1.82) is 0 Å². The highest BCUT2D eigenvalue weighted by molar-refractivity contribution is 5.25. The molecule has 0 saturated heterocycles. The highest BCUT2D eigenvalue weighted by Gasteiger charge is 2.05. The summed E-state index contributed by atoms with van der Waals surface area (Å²) in [5.74, 6) is 1.75. The predicted molar refractivity (Wildman–Crippen MR) is 83.7 cm³/mol. The summed E-state index contributed by atoms with van der Waals surface area (Å²) < 4.78 is 0. The van der Waals surface area contributed by atoms with Crippen molar-refractivity contribution in [1.82, 2.24) is 15.3 Å². The van der Waals surface area contributed by atoms with E-state index in [1.807, 2.05) is 6.20 Å². The lowest BCUT2D eigenvalue weighted by atomic mass is 10.00. The largest absolute Gasteiger partial charge is 0.349 e. The van der Waals surface area contributed by atoms with Crippen molar-refractivity contribution >= 4 is 0 Å². The minimum Gasteiger partial charge on any atom is -0.349 e. The Balaban J connectivity index is 1.81. The Hall–Kier alpha value is -1.61. The lowest BCUT2D eigenvalue weighted by Gasteiger charge is -2.14. The summed E-state index contributed by atoms with van der Waals surface area (Å²) in [7, 11) is 0. The second kappa shape index (κ2) is 7.25. The van der Waals surface area contributed by atoms with Crippen molar-refractivity contribution < 1.29 is 0 Å². The van der Waals surface area contributed by atoms with Crippen LogP contribution < -0.4 is 5.32 Å². The van der Waals surface area contributed by atoms with Crippen LogP contribution in [0.3, 0.4) is 0 Å². The Bertz CT molecular complexity index is 485. The average molecular weight is 271 g/mol. The number of hydrogen-bond donors (Lipinski definition) is 2. The molecule has 0 aliphatic heterocycles. The van der Waals surface area contributed by atoms with Gasteiger partial charge in [-0.1, -0.05) is 38.1 Å². The van der Waals surface area contributed by atoms with Crippen LogP contribution in [0.15, 0.2) is 36.7 Å². The molecule has 3 nitrogen and oxygen atoms in total. The van der Waals surface area contributed by atoms with Gasteiger partial charge >= 0.3 is 0 Å². The molecule has 2 rings (SSSR count). The van der Waals surface area contributed by atoms with Crippen LogP contribution in [0.1, 0.15) is 43.8 Å². The molecule has 3 heteroatoms. The maximum atomic E-state index is 4.23. The first-order valence-electron chi connectivity index (χ1n) is 7.45. The van der Waals surface area contributed by atoms with E-state index in [4.69, 9.17) is 0 Å². The molecule has 0 fully saturated rings. The number of imidazole rings is 1. The summed E-state index contributed by atoms with van der Waals surface area (Å²) in [6.07, 6.45) is 5.75. The third-order valence-corrected chi connectivity index (χ3v) is 3.49. The zero-order chi connectivity index (χ0) is 14.4. The second-order valence-electron chi connectivity index (χ2n) is 5.80. The Kier molecular flexibility index (Phi) is 5.36. The number of hydrogen-bond acceptors (Lipinski definition) is 2. The molecule has 108 valence electrons. The van der Waals surface area contributed by atoms with Crippen LogP contribution in [-0.4, -0.2) is 16.5 Å². The summed E-state index contributed by atoms with van der Waals surface area (Å²) in [5, 5.41) is 3.54. The van der Waals surface area contributed by atoms with Gasteiger partial charge in [0.2, 0.25) is 0 Å². The highest BCUT2D eigenvalue weighted by atomic mass is 14.9. The molecule has 1 aromatic heterocycles. The van der Waals surface area contributed by atoms with Crippen LogP contribution in [-0.2, 0) is 12.8 Å². The summed E-state index contributed by atoms with van der Waals surface area (Å²) in [6, 6.07) is 9.35. The van der Waals surface area contributed by atoms with E-state index in [-0.39, 0.29) is 0 Å². The smallest absolute Gasteiger partial charge is 0.107 e. The summed E-state index contributed by atoms with van der Waals surface area (Å²) in [6.45, 7) is 7.65. The molecular weight excluding hydrogens is 246 g/mol. The molecule has 0 amide bonds. The van der Waals surface area contributed by atoms with E-state index in [9.17, 15) is 0 Å². The van der Waals surface area contributed by atoms with E-state index in [0.717, 1.165) is 25.2 Å². The first-order valence-corrected chi connectivity index (χ1v) is 7.45. The topological polar surface area (TPSA) is 40.7 Å². The number of rotatable bonds is 7. The van der Waals surface area contributed by atoms with E-state index in [1.165, 1.54) is 11.1 Å². The number of H-pyrrole nitrogens is 1. The average Bonchev–Trinajstić information content (AvgIpc) is 2.92. The van der Waals surface area contributed by atoms with Crippen molar-refractivity contribution in [3.63, 3.8) is 0 Å². The minimum absolute atomic E-state index is 0.373. The molecule has 0 saturated carbocycles. The quantitative estimate of drug-likeness (QED) is 0.809. The third-order valence-electron chi connectivity index (χ3n) is 3.49. The molecule has 1 aromatic carbocycles. The molecule has 0 spiro atoms. The van der Waals surface area contributed by atoms with E-state index in [1.54, 1.807) is 6.20 Å². The van der Waals surface area contributed by atoms with Crippen LogP contribution in [0.4, 0.5) is 0 Å². The van der Waals surface area contributed by atoms with Gasteiger partial charge in [0.25, 0.3) is 0 Å². The first-order chi connectivity index (χ1) is 9.65. The van der Waals surface area contributed by atoms with Crippen molar-refractivity contribution in [2.45, 2.75) is 39.7 Å². The van der Waals surface area contributed by atoms with Gasteiger partial charge in [0.15, 0.2) is 0 Å². The molecule has 1 unspecified atom stereocenters. The maximum Gasteiger partial charge on any atom is 0.107 e. The van der Waals surface area contributed by atoms with Crippen molar-refractivity contribution in [3.8, 4) is 0 Å². The van der Waals surface area contributed by atoms with Crippen molar-refractivity contribution in [2.75, 3.05) is 6.54 Å². The van der Waals surface area contributed by atoms with Crippen LogP contribution in [0.2, 0.25) is 0 Å². The molecule has 0 bridgehead atoms. The SMILES string of the molecule is CC(C)Cc1ccc(C(C)NCCc2ncc[nH]2)cc1. The molecule has 2 N–H and O–H groups in total. The van der Waals surface area contributed by atoms with Gasteiger partial charge < -0.3 is 10.3 Å². The minimum atomic E-state index is 0.373. The Morgan fingerprint density at radius 3 is 2.50 bits per heavy atom. The van der Waals surface area contributed by atoms with Crippen LogP contribution in [0.5, 0.6) is 0 Å². The van der Waals surface area contributed by atoms with Gasteiger partial charge in [-0.3, -0.25) is 0 Å². The van der Waals surface area contributed by atoms with E-state index in [2.05, 4.69) is 60.3 Å². The molecule has 2 aromatic rings. The van der Waals surface area contributed by atoms with Gasteiger partial charge in [0.1, 0.15) is 5.82 Å². The first kappa shape index (κ1) is 14.8. The zero-order valence-electron chi connectivity index (χ0n) is 12.7. The molecule has 0 radical (unpaired) electrons. The van der Waals surface area contributed by atoms with Gasteiger partial charge in [-0.05, 0) is 30.4 Å². The van der Waals surface area contributed by atoms with Gasteiger partial charge in [-0.2, -0.15) is 0 Å². The van der Waals surface area contributed by atoms with Crippen LogP contribution in [0, 0.1) is 5.92 Å².